The van der Waals surface area contributed by atoms with Crippen LogP contribution in [0.1, 0.15) is 40.5 Å². The molecule has 1 N–H and O–H groups in total. The Morgan fingerprint density at radius 2 is 1.97 bits per heavy atom. The summed E-state index contributed by atoms with van der Waals surface area (Å²) < 4.78 is 11.9. The summed E-state index contributed by atoms with van der Waals surface area (Å²) in [5.41, 5.74) is 1.55. The highest BCUT2D eigenvalue weighted by atomic mass is 79.9. The highest BCUT2D eigenvalue weighted by Crippen LogP contribution is 2.25. The van der Waals surface area contributed by atoms with Gasteiger partial charge in [0.2, 0.25) is 0 Å². The zero-order valence-corrected chi connectivity index (χ0v) is 18.0. The summed E-state index contributed by atoms with van der Waals surface area (Å²) >= 11 is 3.41. The molecule has 3 rings (SSSR count). The van der Waals surface area contributed by atoms with E-state index in [1.165, 1.54) is 0 Å². The number of morpholine rings is 1. The predicted molar refractivity (Wildman–Crippen MR) is 116 cm³/mol. The molecule has 7 heteroatoms. The number of hydrogen-bond acceptors (Lipinski definition) is 4. The molecule has 0 spiro atoms. The molecule has 0 atom stereocenters. The molecule has 1 saturated heterocycles. The highest BCUT2D eigenvalue weighted by Gasteiger charge is 2.19. The first-order chi connectivity index (χ1) is 14.1. The van der Waals surface area contributed by atoms with Crippen molar-refractivity contribution in [3.05, 3.63) is 58.1 Å². The molecule has 2 aromatic rings. The van der Waals surface area contributed by atoms with Crippen LogP contribution in [0.15, 0.2) is 46.9 Å². The maximum absolute atomic E-state index is 12.9. The second kappa shape index (κ2) is 10.4. The maximum atomic E-state index is 12.9. The van der Waals surface area contributed by atoms with E-state index in [2.05, 4.69) is 28.2 Å². The summed E-state index contributed by atoms with van der Waals surface area (Å²) in [6, 6.07) is 12.4. The van der Waals surface area contributed by atoms with Crippen LogP contribution in [0.5, 0.6) is 5.75 Å². The van der Waals surface area contributed by atoms with E-state index < -0.39 is 0 Å². The number of amides is 2. The number of nitrogens with zero attached hydrogens (tertiary/aromatic N) is 1. The van der Waals surface area contributed by atoms with Crippen LogP contribution in [0, 0.1) is 0 Å². The van der Waals surface area contributed by atoms with Gasteiger partial charge in [0, 0.05) is 28.8 Å². The number of halogens is 1. The zero-order chi connectivity index (χ0) is 20.6. The van der Waals surface area contributed by atoms with Crippen LogP contribution in [0.25, 0.3) is 0 Å². The molecule has 1 aliphatic rings. The lowest BCUT2D eigenvalue weighted by molar-refractivity contribution is 0.0303. The van der Waals surface area contributed by atoms with Gasteiger partial charge in [-0.05, 0) is 42.8 Å². The Morgan fingerprint density at radius 3 is 2.72 bits per heavy atom. The first-order valence-electron chi connectivity index (χ1n) is 9.79. The predicted octanol–water partition coefficient (Wildman–Crippen LogP) is 4.35. The molecule has 0 saturated carbocycles. The highest BCUT2D eigenvalue weighted by molar-refractivity contribution is 9.10. The maximum Gasteiger partial charge on any atom is 0.259 e. The summed E-state index contributed by atoms with van der Waals surface area (Å²) in [6.45, 7) is 4.89. The summed E-state index contributed by atoms with van der Waals surface area (Å²) in [7, 11) is 0. The molecule has 0 unspecified atom stereocenters. The van der Waals surface area contributed by atoms with Gasteiger partial charge in [-0.25, -0.2) is 0 Å². The largest absolute Gasteiger partial charge is 0.493 e. The van der Waals surface area contributed by atoms with E-state index in [1.807, 2.05) is 6.07 Å². The van der Waals surface area contributed by atoms with Gasteiger partial charge < -0.3 is 19.7 Å². The second-order valence-electron chi connectivity index (χ2n) is 6.78. The van der Waals surface area contributed by atoms with E-state index >= 15 is 0 Å². The molecule has 2 aromatic carbocycles. The number of hydrogen-bond donors (Lipinski definition) is 1. The minimum atomic E-state index is -0.284. The monoisotopic (exact) mass is 460 g/mol. The van der Waals surface area contributed by atoms with E-state index in [1.54, 1.807) is 41.3 Å². The van der Waals surface area contributed by atoms with Crippen molar-refractivity contribution in [3.63, 3.8) is 0 Å². The molecule has 0 aliphatic carbocycles. The summed E-state index contributed by atoms with van der Waals surface area (Å²) in [5.74, 6) is 0.198. The Morgan fingerprint density at radius 1 is 1.17 bits per heavy atom. The van der Waals surface area contributed by atoms with Crippen LogP contribution in [-0.2, 0) is 4.74 Å². The minimum Gasteiger partial charge on any atom is -0.493 e. The number of unbranched alkanes of at least 4 members (excludes halogenated alkanes) is 1. The van der Waals surface area contributed by atoms with E-state index in [0.29, 0.717) is 55.5 Å². The normalized spacial score (nSPS) is 13.8. The number of carbonyl (C=O) groups is 2. The molecule has 1 heterocycles. The molecule has 2 amide bonds. The third-order valence-electron chi connectivity index (χ3n) is 4.61. The van der Waals surface area contributed by atoms with Gasteiger partial charge in [-0.1, -0.05) is 35.3 Å². The minimum absolute atomic E-state index is 0.0598. The van der Waals surface area contributed by atoms with Crippen LogP contribution in [0.3, 0.4) is 0 Å². The quantitative estimate of drug-likeness (QED) is 0.623. The molecule has 1 fully saturated rings. The zero-order valence-electron chi connectivity index (χ0n) is 16.4. The topological polar surface area (TPSA) is 67.9 Å². The van der Waals surface area contributed by atoms with Crippen LogP contribution in [0.2, 0.25) is 0 Å². The third-order valence-corrected chi connectivity index (χ3v) is 5.10. The fourth-order valence-corrected chi connectivity index (χ4v) is 3.37. The van der Waals surface area contributed by atoms with E-state index in [-0.39, 0.29) is 11.8 Å². The Balaban J connectivity index is 1.74. The first-order valence-corrected chi connectivity index (χ1v) is 10.6. The number of carbonyl (C=O) groups excluding carboxylic acids is 2. The van der Waals surface area contributed by atoms with Gasteiger partial charge in [-0.2, -0.15) is 0 Å². The molecule has 1 aliphatic heterocycles. The standard InChI is InChI=1S/C22H25BrN2O4/c1-2-3-11-29-20-8-7-17(23)15-19(20)21(26)24-18-6-4-5-16(14-18)22(27)25-9-12-28-13-10-25/h4-8,14-15H,2-3,9-13H2,1H3,(H,24,26). The Labute approximate surface area is 179 Å². The van der Waals surface area contributed by atoms with Gasteiger partial charge in [0.1, 0.15) is 5.75 Å². The summed E-state index contributed by atoms with van der Waals surface area (Å²) in [6.07, 6.45) is 1.94. The van der Waals surface area contributed by atoms with E-state index in [0.717, 1.165) is 17.3 Å². The number of benzene rings is 2. The smallest absolute Gasteiger partial charge is 0.259 e. The van der Waals surface area contributed by atoms with E-state index in [9.17, 15) is 9.59 Å². The molecule has 0 bridgehead atoms. The number of nitrogens with one attached hydrogen (secondary N) is 1. The van der Waals surface area contributed by atoms with Crippen molar-refractivity contribution in [2.24, 2.45) is 0 Å². The molecule has 29 heavy (non-hydrogen) atoms. The Hall–Kier alpha value is -2.38. The van der Waals surface area contributed by atoms with Gasteiger partial charge in [0.15, 0.2) is 0 Å². The van der Waals surface area contributed by atoms with Crippen LogP contribution < -0.4 is 10.1 Å². The van der Waals surface area contributed by atoms with Crippen molar-refractivity contribution in [1.29, 1.82) is 0 Å². The summed E-state index contributed by atoms with van der Waals surface area (Å²) in [5, 5.41) is 2.88. The number of anilines is 1. The average molecular weight is 461 g/mol. The molecule has 154 valence electrons. The second-order valence-corrected chi connectivity index (χ2v) is 7.70. The summed E-state index contributed by atoms with van der Waals surface area (Å²) in [4.78, 5) is 27.3. The van der Waals surface area contributed by atoms with Crippen molar-refractivity contribution in [2.75, 3.05) is 38.2 Å². The molecular formula is C22H25BrN2O4. The SMILES string of the molecule is CCCCOc1ccc(Br)cc1C(=O)Nc1cccc(C(=O)N2CCOCC2)c1. The van der Waals surface area contributed by atoms with Gasteiger partial charge in [-0.3, -0.25) is 9.59 Å². The molecular weight excluding hydrogens is 436 g/mol. The molecule has 0 aromatic heterocycles. The van der Waals surface area contributed by atoms with Gasteiger partial charge in [-0.15, -0.1) is 0 Å². The number of ether oxygens (including phenoxy) is 2. The van der Waals surface area contributed by atoms with Crippen molar-refractivity contribution < 1.29 is 19.1 Å². The number of rotatable bonds is 7. The fraction of sp³-hybridized carbons (Fsp3) is 0.364. The lowest BCUT2D eigenvalue weighted by Gasteiger charge is -2.27. The fourth-order valence-electron chi connectivity index (χ4n) is 3.01. The van der Waals surface area contributed by atoms with Crippen molar-refractivity contribution >= 4 is 33.4 Å². The average Bonchev–Trinajstić information content (AvgIpc) is 2.75. The van der Waals surface area contributed by atoms with Crippen LogP contribution >= 0.6 is 15.9 Å². The lowest BCUT2D eigenvalue weighted by atomic mass is 10.1. The Kier molecular flexibility index (Phi) is 7.66. The lowest BCUT2D eigenvalue weighted by Crippen LogP contribution is -2.40. The van der Waals surface area contributed by atoms with Gasteiger partial charge in [0.05, 0.1) is 25.4 Å². The first kappa shape index (κ1) is 21.3. The van der Waals surface area contributed by atoms with E-state index in [4.69, 9.17) is 9.47 Å². The third kappa shape index (κ3) is 5.81. The van der Waals surface area contributed by atoms with Crippen molar-refractivity contribution in [1.82, 2.24) is 4.90 Å². The van der Waals surface area contributed by atoms with Gasteiger partial charge >= 0.3 is 0 Å². The van der Waals surface area contributed by atoms with Crippen molar-refractivity contribution in [3.8, 4) is 5.75 Å². The van der Waals surface area contributed by atoms with Crippen LogP contribution in [-0.4, -0.2) is 49.6 Å². The van der Waals surface area contributed by atoms with Gasteiger partial charge in [0.25, 0.3) is 11.8 Å². The molecule has 6 nitrogen and oxygen atoms in total. The van der Waals surface area contributed by atoms with Crippen LogP contribution in [0.4, 0.5) is 5.69 Å². The molecule has 0 radical (unpaired) electrons. The Bertz CT molecular complexity index is 866. The van der Waals surface area contributed by atoms with Crippen molar-refractivity contribution in [2.45, 2.75) is 19.8 Å².